The fraction of sp³-hybridized carbons (Fsp3) is 0.429. The molecule has 1 aliphatic rings. The molecule has 5 nitrogen and oxygen atoms in total. The molecule has 1 saturated heterocycles. The molecule has 2 heterocycles. The molecule has 152 valence electrons. The van der Waals surface area contributed by atoms with Crippen LogP contribution in [0.3, 0.4) is 0 Å². The highest BCUT2D eigenvalue weighted by molar-refractivity contribution is 14.0. The summed E-state index contributed by atoms with van der Waals surface area (Å²) < 4.78 is 0. The van der Waals surface area contributed by atoms with Gasteiger partial charge in [0.1, 0.15) is 0 Å². The van der Waals surface area contributed by atoms with Gasteiger partial charge in [0.25, 0.3) is 5.91 Å². The predicted molar refractivity (Wildman–Crippen MR) is 128 cm³/mol. The lowest BCUT2D eigenvalue weighted by Gasteiger charge is -2.26. The van der Waals surface area contributed by atoms with Crippen molar-refractivity contribution in [2.75, 3.05) is 19.6 Å². The van der Waals surface area contributed by atoms with Crippen molar-refractivity contribution in [1.82, 2.24) is 15.5 Å². The molecule has 2 aromatic rings. The van der Waals surface area contributed by atoms with Crippen LogP contribution in [-0.4, -0.2) is 36.4 Å². The van der Waals surface area contributed by atoms with Crippen LogP contribution in [0.15, 0.2) is 46.1 Å². The first kappa shape index (κ1) is 22.7. The molecule has 1 aromatic carbocycles. The molecule has 0 spiro atoms. The van der Waals surface area contributed by atoms with E-state index >= 15 is 0 Å². The van der Waals surface area contributed by atoms with Crippen LogP contribution in [0.4, 0.5) is 0 Å². The highest BCUT2D eigenvalue weighted by atomic mass is 127. The van der Waals surface area contributed by atoms with Crippen LogP contribution in [0.1, 0.15) is 47.7 Å². The van der Waals surface area contributed by atoms with Crippen LogP contribution in [0, 0.1) is 0 Å². The van der Waals surface area contributed by atoms with Crippen LogP contribution < -0.4 is 10.6 Å². The lowest BCUT2D eigenvalue weighted by molar-refractivity contribution is 0.0724. The van der Waals surface area contributed by atoms with Gasteiger partial charge < -0.3 is 15.5 Å². The monoisotopic (exact) mass is 512 g/mol. The van der Waals surface area contributed by atoms with E-state index in [1.165, 1.54) is 12.0 Å². The number of carbonyl (C=O) groups excluding carboxylic acids is 1. The molecular formula is C21H29IN4OS. The van der Waals surface area contributed by atoms with Gasteiger partial charge in [0.05, 0.1) is 6.54 Å². The summed E-state index contributed by atoms with van der Waals surface area (Å²) in [5.41, 5.74) is 3.13. The summed E-state index contributed by atoms with van der Waals surface area (Å²) >= 11 is 1.69. The summed E-state index contributed by atoms with van der Waals surface area (Å²) in [5, 5.41) is 10.8. The van der Waals surface area contributed by atoms with E-state index in [1.54, 1.807) is 11.3 Å². The van der Waals surface area contributed by atoms with Crippen LogP contribution in [0.2, 0.25) is 0 Å². The van der Waals surface area contributed by atoms with Crippen LogP contribution >= 0.6 is 35.3 Å². The smallest absolute Gasteiger partial charge is 0.253 e. The number of thiophene rings is 1. The second-order valence-corrected chi connectivity index (χ2v) is 7.51. The van der Waals surface area contributed by atoms with E-state index in [2.05, 4.69) is 39.4 Å². The van der Waals surface area contributed by atoms with E-state index in [-0.39, 0.29) is 29.9 Å². The molecule has 0 unspecified atom stereocenters. The van der Waals surface area contributed by atoms with E-state index in [1.807, 2.05) is 29.2 Å². The number of hydrogen-bond donors (Lipinski definition) is 2. The lowest BCUT2D eigenvalue weighted by Crippen LogP contribution is -2.37. The van der Waals surface area contributed by atoms with Gasteiger partial charge in [-0.3, -0.25) is 4.79 Å². The zero-order chi connectivity index (χ0) is 18.9. The Balaban J connectivity index is 0.00000280. The summed E-state index contributed by atoms with van der Waals surface area (Å²) in [6.45, 7) is 5.99. The second-order valence-electron chi connectivity index (χ2n) is 6.73. The Hall–Kier alpha value is -1.61. The van der Waals surface area contributed by atoms with Gasteiger partial charge in [-0.15, -0.1) is 24.0 Å². The third-order valence-corrected chi connectivity index (χ3v) is 5.38. The van der Waals surface area contributed by atoms with Crippen molar-refractivity contribution < 1.29 is 4.79 Å². The van der Waals surface area contributed by atoms with Gasteiger partial charge in [-0.2, -0.15) is 11.3 Å². The number of aliphatic imine (C=N–C) groups is 1. The Kier molecular flexibility index (Phi) is 9.77. The quantitative estimate of drug-likeness (QED) is 0.346. The molecule has 3 rings (SSSR count). The predicted octanol–water partition coefficient (Wildman–Crippen LogP) is 4.25. The number of halogens is 1. The number of likely N-dealkylation sites (tertiary alicyclic amines) is 1. The molecule has 1 amide bonds. The van der Waals surface area contributed by atoms with Crippen LogP contribution in [0.5, 0.6) is 0 Å². The summed E-state index contributed by atoms with van der Waals surface area (Å²) in [7, 11) is 0. The van der Waals surface area contributed by atoms with Crippen molar-refractivity contribution in [2.45, 2.75) is 39.3 Å². The van der Waals surface area contributed by atoms with E-state index in [0.29, 0.717) is 13.1 Å². The van der Waals surface area contributed by atoms with Gasteiger partial charge in [0.15, 0.2) is 5.96 Å². The van der Waals surface area contributed by atoms with E-state index in [4.69, 9.17) is 0 Å². The third kappa shape index (κ3) is 6.77. The van der Waals surface area contributed by atoms with Crippen molar-refractivity contribution >= 4 is 47.2 Å². The Labute approximate surface area is 188 Å². The average molecular weight is 512 g/mol. The number of guanidine groups is 1. The minimum absolute atomic E-state index is 0. The first-order valence-electron chi connectivity index (χ1n) is 9.67. The van der Waals surface area contributed by atoms with E-state index < -0.39 is 0 Å². The summed E-state index contributed by atoms with van der Waals surface area (Å²) in [6.07, 6.45) is 3.47. The van der Waals surface area contributed by atoms with Crippen molar-refractivity contribution in [3.63, 3.8) is 0 Å². The van der Waals surface area contributed by atoms with Gasteiger partial charge >= 0.3 is 0 Å². The summed E-state index contributed by atoms with van der Waals surface area (Å²) in [6, 6.07) is 10.0. The standard InChI is InChI=1S/C21H28N4OS.HI/c1-2-22-21(24-15-18-10-13-27-16-18)23-14-17-6-8-19(9-7-17)20(26)25-11-4-3-5-12-25;/h6-10,13,16H,2-5,11-12,14-15H2,1H3,(H2,22,23,24);1H. The number of benzene rings is 1. The molecule has 0 radical (unpaired) electrons. The molecule has 1 fully saturated rings. The number of amides is 1. The maximum atomic E-state index is 12.5. The van der Waals surface area contributed by atoms with Gasteiger partial charge in [0, 0.05) is 31.7 Å². The molecule has 28 heavy (non-hydrogen) atoms. The molecule has 0 atom stereocenters. The number of rotatable bonds is 6. The highest BCUT2D eigenvalue weighted by Gasteiger charge is 2.17. The SMILES string of the molecule is CCNC(=NCc1ccsc1)NCc1ccc(C(=O)N2CCCCC2)cc1.I. The Bertz CT molecular complexity index is 740. The van der Waals surface area contributed by atoms with Gasteiger partial charge in [-0.1, -0.05) is 12.1 Å². The molecule has 0 aliphatic carbocycles. The number of piperidine rings is 1. The number of hydrogen-bond acceptors (Lipinski definition) is 3. The molecule has 7 heteroatoms. The third-order valence-electron chi connectivity index (χ3n) is 4.65. The summed E-state index contributed by atoms with van der Waals surface area (Å²) in [4.78, 5) is 19.1. The van der Waals surface area contributed by atoms with Crippen molar-refractivity contribution in [2.24, 2.45) is 4.99 Å². The first-order chi connectivity index (χ1) is 13.3. The van der Waals surface area contributed by atoms with E-state index in [0.717, 1.165) is 49.6 Å². The van der Waals surface area contributed by atoms with Crippen molar-refractivity contribution in [1.29, 1.82) is 0 Å². The molecule has 1 aliphatic heterocycles. The normalized spacial score (nSPS) is 14.3. The largest absolute Gasteiger partial charge is 0.357 e. The van der Waals surface area contributed by atoms with Crippen molar-refractivity contribution in [3.8, 4) is 0 Å². The maximum absolute atomic E-state index is 12.5. The zero-order valence-corrected chi connectivity index (χ0v) is 19.5. The van der Waals surface area contributed by atoms with Crippen LogP contribution in [0.25, 0.3) is 0 Å². The number of nitrogens with one attached hydrogen (secondary N) is 2. The lowest BCUT2D eigenvalue weighted by atomic mass is 10.1. The van der Waals surface area contributed by atoms with Gasteiger partial charge in [-0.25, -0.2) is 4.99 Å². The second kappa shape index (κ2) is 12.1. The Morgan fingerprint density at radius 3 is 2.46 bits per heavy atom. The van der Waals surface area contributed by atoms with Crippen LogP contribution in [-0.2, 0) is 13.1 Å². The maximum Gasteiger partial charge on any atom is 0.253 e. The number of carbonyl (C=O) groups is 1. The van der Waals surface area contributed by atoms with Gasteiger partial charge in [-0.05, 0) is 66.3 Å². The molecule has 0 saturated carbocycles. The van der Waals surface area contributed by atoms with Gasteiger partial charge in [0.2, 0.25) is 0 Å². The Morgan fingerprint density at radius 1 is 1.07 bits per heavy atom. The molecule has 0 bridgehead atoms. The highest BCUT2D eigenvalue weighted by Crippen LogP contribution is 2.14. The van der Waals surface area contributed by atoms with E-state index in [9.17, 15) is 4.79 Å². The molecule has 1 aromatic heterocycles. The zero-order valence-electron chi connectivity index (χ0n) is 16.3. The minimum Gasteiger partial charge on any atom is -0.357 e. The summed E-state index contributed by atoms with van der Waals surface area (Å²) in [5.74, 6) is 0.956. The fourth-order valence-electron chi connectivity index (χ4n) is 3.13. The minimum atomic E-state index is 0. The van der Waals surface area contributed by atoms with Crippen molar-refractivity contribution in [3.05, 3.63) is 57.8 Å². The Morgan fingerprint density at radius 2 is 1.82 bits per heavy atom. The topological polar surface area (TPSA) is 56.7 Å². The number of nitrogens with zero attached hydrogens (tertiary/aromatic N) is 2. The molecule has 2 N–H and O–H groups in total. The fourth-order valence-corrected chi connectivity index (χ4v) is 3.79. The average Bonchev–Trinajstić information content (AvgIpc) is 3.24. The first-order valence-corrected chi connectivity index (χ1v) is 10.6. The molecular weight excluding hydrogens is 483 g/mol.